The van der Waals surface area contributed by atoms with Gasteiger partial charge < -0.3 is 14.8 Å². The number of carboxylic acids is 1. The van der Waals surface area contributed by atoms with Crippen molar-refractivity contribution in [3.05, 3.63) is 89.2 Å². The lowest BCUT2D eigenvalue weighted by Gasteiger charge is -2.39. The number of nitrogens with zero attached hydrogens (tertiary/aromatic N) is 2. The quantitative estimate of drug-likeness (QED) is 0.259. The maximum atomic E-state index is 12.0. The van der Waals surface area contributed by atoms with Crippen LogP contribution < -0.4 is 4.74 Å². The van der Waals surface area contributed by atoms with Crippen LogP contribution in [0.5, 0.6) is 11.5 Å². The van der Waals surface area contributed by atoms with Gasteiger partial charge >= 0.3 is 5.97 Å². The summed E-state index contributed by atoms with van der Waals surface area (Å²) in [5, 5.41) is 10.7. The Kier molecular flexibility index (Phi) is 6.36. The first-order valence-corrected chi connectivity index (χ1v) is 14.5. The van der Waals surface area contributed by atoms with Gasteiger partial charge in [-0.1, -0.05) is 30.3 Å². The molecule has 1 atom stereocenters. The highest BCUT2D eigenvalue weighted by molar-refractivity contribution is 5.91. The highest BCUT2D eigenvalue weighted by Crippen LogP contribution is 2.47. The van der Waals surface area contributed by atoms with E-state index in [1.807, 2.05) is 30.5 Å². The first kappa shape index (κ1) is 24.4. The number of nitrogens with one attached hydrogen (secondary N) is 1. The van der Waals surface area contributed by atoms with Gasteiger partial charge in [0.25, 0.3) is 0 Å². The van der Waals surface area contributed by atoms with Crippen molar-refractivity contribution in [3.8, 4) is 11.5 Å². The molecule has 0 radical (unpaired) electrons. The zero-order valence-corrected chi connectivity index (χ0v) is 22.2. The van der Waals surface area contributed by atoms with Crippen LogP contribution in [0.15, 0.2) is 67.0 Å². The number of likely N-dealkylation sites (tertiary alicyclic amines) is 1. The number of fused-ring (bicyclic) bond motifs is 1. The van der Waals surface area contributed by atoms with Crippen LogP contribution in [0.2, 0.25) is 0 Å². The first-order chi connectivity index (χ1) is 19.1. The lowest BCUT2D eigenvalue weighted by molar-refractivity contribution is 0.0694. The first-order valence-electron chi connectivity index (χ1n) is 14.5. The van der Waals surface area contributed by atoms with Crippen LogP contribution in [-0.4, -0.2) is 38.5 Å². The fourth-order valence-electron chi connectivity index (χ4n) is 7.04. The van der Waals surface area contributed by atoms with Gasteiger partial charge in [-0.25, -0.2) is 9.78 Å². The van der Waals surface area contributed by atoms with Gasteiger partial charge in [0, 0.05) is 23.7 Å². The molecule has 3 aliphatic rings. The molecule has 1 saturated heterocycles. The summed E-state index contributed by atoms with van der Waals surface area (Å²) in [6.07, 6.45) is 13.3. The molecule has 0 amide bonds. The smallest absolute Gasteiger partial charge is 0.339 e. The molecule has 6 heteroatoms. The van der Waals surface area contributed by atoms with Crippen LogP contribution in [0.3, 0.4) is 0 Å². The van der Waals surface area contributed by atoms with Crippen LogP contribution in [0, 0.1) is 0 Å². The van der Waals surface area contributed by atoms with Crippen molar-refractivity contribution >= 4 is 17.0 Å². The molecule has 1 aliphatic heterocycles. The molecule has 3 heterocycles. The summed E-state index contributed by atoms with van der Waals surface area (Å²) in [6.45, 7) is 1.20. The van der Waals surface area contributed by atoms with E-state index in [9.17, 15) is 9.90 Å². The van der Waals surface area contributed by atoms with Gasteiger partial charge in [-0.3, -0.25) is 4.90 Å². The molecule has 2 aliphatic carbocycles. The molecule has 200 valence electrons. The standard InChI is InChI=1S/C33H35N3O3/c37-33(38)29-14-11-23(19-31(29)39-26-18-24-15-16-34-32(24)35-20-26)21-9-12-25(13-10-21)36-17-3-6-30(36)28-5-2-1-4-27(28)22-7-8-22/h1-2,4-5,11,14-16,18-22,25,30H,3,6-10,12-13,17H2,(H,34,35)(H,37,38). The molecule has 2 aromatic heterocycles. The molecule has 7 rings (SSSR count). The van der Waals surface area contributed by atoms with Crippen molar-refractivity contribution in [3.63, 3.8) is 0 Å². The molecule has 1 unspecified atom stereocenters. The van der Waals surface area contributed by atoms with Gasteiger partial charge in [-0.2, -0.15) is 0 Å². The Balaban J connectivity index is 1.07. The van der Waals surface area contributed by atoms with Crippen molar-refractivity contribution in [1.82, 2.24) is 14.9 Å². The van der Waals surface area contributed by atoms with Crippen LogP contribution in [-0.2, 0) is 0 Å². The maximum absolute atomic E-state index is 12.0. The molecule has 2 N–H and O–H groups in total. The normalized spacial score (nSPS) is 23.7. The third kappa shape index (κ3) is 4.82. The van der Waals surface area contributed by atoms with E-state index in [-0.39, 0.29) is 5.56 Å². The highest BCUT2D eigenvalue weighted by Gasteiger charge is 2.37. The molecular formula is C33H35N3O3. The van der Waals surface area contributed by atoms with Gasteiger partial charge in [0.2, 0.25) is 0 Å². The Bertz CT molecular complexity index is 1500. The number of ether oxygens (including phenoxy) is 1. The zero-order chi connectivity index (χ0) is 26.3. The predicted molar refractivity (Wildman–Crippen MR) is 152 cm³/mol. The fourth-order valence-corrected chi connectivity index (χ4v) is 7.04. The topological polar surface area (TPSA) is 78.4 Å². The van der Waals surface area contributed by atoms with E-state index in [1.54, 1.807) is 23.4 Å². The van der Waals surface area contributed by atoms with Crippen molar-refractivity contribution in [2.45, 2.75) is 75.3 Å². The molecule has 0 bridgehead atoms. The van der Waals surface area contributed by atoms with E-state index in [0.29, 0.717) is 29.5 Å². The number of benzene rings is 2. The Labute approximate surface area is 229 Å². The summed E-state index contributed by atoms with van der Waals surface area (Å²) < 4.78 is 6.12. The average molecular weight is 522 g/mol. The number of rotatable bonds is 7. The van der Waals surface area contributed by atoms with Crippen LogP contribution in [0.1, 0.15) is 96.3 Å². The number of hydrogen-bond acceptors (Lipinski definition) is 4. The summed E-state index contributed by atoms with van der Waals surface area (Å²) in [5.41, 5.74) is 5.30. The molecule has 2 aromatic carbocycles. The predicted octanol–water partition coefficient (Wildman–Crippen LogP) is 7.79. The highest BCUT2D eigenvalue weighted by atomic mass is 16.5. The molecule has 2 saturated carbocycles. The van der Waals surface area contributed by atoms with Gasteiger partial charge in [-0.05, 0) is 111 Å². The van der Waals surface area contributed by atoms with E-state index >= 15 is 0 Å². The summed E-state index contributed by atoms with van der Waals surface area (Å²) >= 11 is 0. The number of pyridine rings is 1. The Morgan fingerprint density at radius 2 is 1.72 bits per heavy atom. The van der Waals surface area contributed by atoms with Gasteiger partial charge in [-0.15, -0.1) is 0 Å². The number of carboxylic acid groups (broad SMARTS) is 1. The number of hydrogen-bond donors (Lipinski definition) is 2. The van der Waals surface area contributed by atoms with Gasteiger partial charge in [0.15, 0.2) is 0 Å². The Morgan fingerprint density at radius 1 is 0.923 bits per heavy atom. The fraction of sp³-hybridized carbons (Fsp3) is 0.394. The molecule has 0 spiro atoms. The van der Waals surface area contributed by atoms with Crippen molar-refractivity contribution in [1.29, 1.82) is 0 Å². The number of aromatic amines is 1. The number of H-pyrrole nitrogens is 1. The minimum atomic E-state index is -0.984. The SMILES string of the molecule is O=C(O)c1ccc(C2CCC(N3CCCC3c3ccccc3C3CC3)CC2)cc1Oc1cnc2[nH]ccc2c1. The molecule has 4 aromatic rings. The third-order valence-corrected chi connectivity index (χ3v) is 9.14. The second-order valence-corrected chi connectivity index (χ2v) is 11.6. The Hall–Kier alpha value is -3.64. The Morgan fingerprint density at radius 3 is 2.51 bits per heavy atom. The minimum absolute atomic E-state index is 0.177. The summed E-state index contributed by atoms with van der Waals surface area (Å²) in [4.78, 5) is 22.2. The van der Waals surface area contributed by atoms with E-state index in [0.717, 1.165) is 29.8 Å². The summed E-state index contributed by atoms with van der Waals surface area (Å²) in [5.74, 6) is 1.14. The second kappa shape index (κ2) is 10.2. The van der Waals surface area contributed by atoms with E-state index < -0.39 is 5.97 Å². The van der Waals surface area contributed by atoms with Crippen LogP contribution >= 0.6 is 0 Å². The van der Waals surface area contributed by atoms with Gasteiger partial charge in [0.1, 0.15) is 22.7 Å². The largest absolute Gasteiger partial charge is 0.478 e. The number of aromatic carboxylic acids is 1. The van der Waals surface area contributed by atoms with E-state index in [4.69, 9.17) is 4.74 Å². The summed E-state index contributed by atoms with van der Waals surface area (Å²) in [7, 11) is 0. The van der Waals surface area contributed by atoms with Crippen molar-refractivity contribution in [2.75, 3.05) is 6.54 Å². The average Bonchev–Trinajstić information content (AvgIpc) is 3.50. The molecule has 3 fully saturated rings. The van der Waals surface area contributed by atoms with Crippen LogP contribution in [0.25, 0.3) is 11.0 Å². The molecule has 39 heavy (non-hydrogen) atoms. The minimum Gasteiger partial charge on any atom is -0.478 e. The van der Waals surface area contributed by atoms with E-state index in [2.05, 4.69) is 39.1 Å². The van der Waals surface area contributed by atoms with Crippen molar-refractivity contribution in [2.24, 2.45) is 0 Å². The number of aromatic nitrogens is 2. The van der Waals surface area contributed by atoms with Crippen molar-refractivity contribution < 1.29 is 14.6 Å². The van der Waals surface area contributed by atoms with E-state index in [1.165, 1.54) is 50.6 Å². The maximum Gasteiger partial charge on any atom is 0.339 e. The lowest BCUT2D eigenvalue weighted by Crippen LogP contribution is -2.37. The molecule has 6 nitrogen and oxygen atoms in total. The lowest BCUT2D eigenvalue weighted by atomic mass is 9.80. The van der Waals surface area contributed by atoms with Gasteiger partial charge in [0.05, 0.1) is 6.20 Å². The monoisotopic (exact) mass is 521 g/mol. The zero-order valence-electron chi connectivity index (χ0n) is 22.2. The van der Waals surface area contributed by atoms with Crippen LogP contribution in [0.4, 0.5) is 0 Å². The second-order valence-electron chi connectivity index (χ2n) is 11.6. The number of carbonyl (C=O) groups is 1. The third-order valence-electron chi connectivity index (χ3n) is 9.14. The summed E-state index contributed by atoms with van der Waals surface area (Å²) in [6, 6.07) is 19.8. The molecular weight excluding hydrogens is 486 g/mol.